The number of hydrogen-bond acceptors (Lipinski definition) is 7. The molecule has 0 saturated carbocycles. The Hall–Kier alpha value is -1.68. The van der Waals surface area contributed by atoms with Crippen molar-refractivity contribution < 1.29 is 32.2 Å². The smallest absolute Gasteiger partial charge is 0.347 e. The van der Waals surface area contributed by atoms with E-state index in [1.807, 2.05) is 0 Å². The fraction of sp³-hybridized carbons (Fsp3) is 0.529. The van der Waals surface area contributed by atoms with E-state index in [4.69, 9.17) is 25.8 Å². The predicted octanol–water partition coefficient (Wildman–Crippen LogP) is 1.61. The number of cyclic esters (lactones) is 1. The van der Waals surface area contributed by atoms with Gasteiger partial charge in [0.05, 0.1) is 29.4 Å². The number of rotatable bonds is 4. The molecular formula is C17H20ClNO7S. The molecule has 0 spiro atoms. The summed E-state index contributed by atoms with van der Waals surface area (Å²) in [5, 5.41) is -0.00127. The van der Waals surface area contributed by atoms with E-state index in [0.717, 1.165) is 0 Å². The Labute approximate surface area is 162 Å². The van der Waals surface area contributed by atoms with Crippen LogP contribution in [0, 0.1) is 0 Å². The van der Waals surface area contributed by atoms with Crippen LogP contribution >= 0.6 is 11.6 Å². The van der Waals surface area contributed by atoms with Gasteiger partial charge >= 0.3 is 11.9 Å². The van der Waals surface area contributed by atoms with Gasteiger partial charge in [0.15, 0.2) is 0 Å². The first-order valence-electron chi connectivity index (χ1n) is 8.51. The van der Waals surface area contributed by atoms with Crippen LogP contribution < -0.4 is 0 Å². The lowest BCUT2D eigenvalue weighted by Gasteiger charge is -2.34. The number of esters is 2. The molecule has 0 amide bonds. The minimum atomic E-state index is -3.93. The fourth-order valence-corrected chi connectivity index (χ4v) is 5.17. The molecule has 2 aliphatic heterocycles. The van der Waals surface area contributed by atoms with Crippen molar-refractivity contribution in [2.24, 2.45) is 0 Å². The van der Waals surface area contributed by atoms with E-state index in [9.17, 15) is 18.0 Å². The molecule has 1 aromatic rings. The highest BCUT2D eigenvalue weighted by Gasteiger charge is 2.35. The monoisotopic (exact) mass is 417 g/mol. The standard InChI is InChI=1S/C17H20ClNO7S/c1-10-8-19(9-11(2)25-10)27(22,23)15-7-12(3-4-13(15)18)16(20)26-14-5-6-24-17(14)21/h3-4,7,10-11,14H,5-6,8-9H2,1-2H3/t10-,11+,14-/m1/s1. The zero-order valence-electron chi connectivity index (χ0n) is 14.9. The van der Waals surface area contributed by atoms with Crippen LogP contribution in [-0.4, -0.2) is 62.7 Å². The van der Waals surface area contributed by atoms with Gasteiger partial charge < -0.3 is 14.2 Å². The number of nitrogens with zero attached hydrogens (tertiary/aromatic N) is 1. The molecule has 2 saturated heterocycles. The Bertz CT molecular complexity index is 847. The van der Waals surface area contributed by atoms with E-state index in [1.54, 1.807) is 13.8 Å². The number of sulfonamides is 1. The summed E-state index contributed by atoms with van der Waals surface area (Å²) in [4.78, 5) is 23.6. The molecule has 8 nitrogen and oxygen atoms in total. The quantitative estimate of drug-likeness (QED) is 0.686. The minimum absolute atomic E-state index is 0.00127. The molecule has 10 heteroatoms. The van der Waals surface area contributed by atoms with Crippen molar-refractivity contribution >= 4 is 33.6 Å². The van der Waals surface area contributed by atoms with E-state index in [1.165, 1.54) is 22.5 Å². The van der Waals surface area contributed by atoms with Crippen LogP contribution in [0.2, 0.25) is 5.02 Å². The zero-order chi connectivity index (χ0) is 19.8. The summed E-state index contributed by atoms with van der Waals surface area (Å²) in [5.41, 5.74) is -0.00738. The SMILES string of the molecule is C[C@@H]1CN(S(=O)(=O)c2cc(C(=O)O[C@@H]3CCOC3=O)ccc2Cl)C[C@H](C)O1. The van der Waals surface area contributed by atoms with Crippen LogP contribution in [0.15, 0.2) is 23.1 Å². The van der Waals surface area contributed by atoms with Gasteiger partial charge in [0, 0.05) is 19.5 Å². The molecule has 27 heavy (non-hydrogen) atoms. The number of benzene rings is 1. The predicted molar refractivity (Wildman–Crippen MR) is 95.0 cm³/mol. The maximum Gasteiger partial charge on any atom is 0.347 e. The van der Waals surface area contributed by atoms with Crippen molar-refractivity contribution in [3.05, 3.63) is 28.8 Å². The topological polar surface area (TPSA) is 99.2 Å². The molecule has 2 aliphatic rings. The lowest BCUT2D eigenvalue weighted by molar-refractivity contribution is -0.145. The van der Waals surface area contributed by atoms with Crippen LogP contribution in [0.25, 0.3) is 0 Å². The second-order valence-electron chi connectivity index (χ2n) is 6.57. The molecule has 0 radical (unpaired) electrons. The second kappa shape index (κ2) is 7.75. The van der Waals surface area contributed by atoms with Gasteiger partial charge in [0.1, 0.15) is 4.90 Å². The lowest BCUT2D eigenvalue weighted by atomic mass is 10.2. The molecule has 2 fully saturated rings. The van der Waals surface area contributed by atoms with Crippen molar-refractivity contribution in [2.45, 2.75) is 43.5 Å². The number of halogens is 1. The molecule has 0 aromatic heterocycles. The van der Waals surface area contributed by atoms with Crippen LogP contribution in [0.3, 0.4) is 0 Å². The highest BCUT2D eigenvalue weighted by molar-refractivity contribution is 7.89. The van der Waals surface area contributed by atoms with Crippen LogP contribution in [-0.2, 0) is 29.0 Å². The normalized spacial score (nSPS) is 26.6. The molecule has 3 atom stereocenters. The van der Waals surface area contributed by atoms with E-state index in [2.05, 4.69) is 0 Å². The van der Waals surface area contributed by atoms with Crippen molar-refractivity contribution in [1.29, 1.82) is 0 Å². The average molecular weight is 418 g/mol. The van der Waals surface area contributed by atoms with Gasteiger partial charge in [-0.1, -0.05) is 11.6 Å². The second-order valence-corrected chi connectivity index (χ2v) is 8.89. The first-order valence-corrected chi connectivity index (χ1v) is 10.3. The summed E-state index contributed by atoms with van der Waals surface area (Å²) in [6, 6.07) is 3.85. The largest absolute Gasteiger partial charge is 0.463 e. The number of morpholine rings is 1. The molecule has 0 unspecified atom stereocenters. The van der Waals surface area contributed by atoms with Crippen molar-refractivity contribution in [2.75, 3.05) is 19.7 Å². The van der Waals surface area contributed by atoms with E-state index < -0.39 is 28.1 Å². The minimum Gasteiger partial charge on any atom is -0.463 e. The highest BCUT2D eigenvalue weighted by atomic mass is 35.5. The third kappa shape index (κ3) is 4.26. The van der Waals surface area contributed by atoms with Crippen LogP contribution in [0.5, 0.6) is 0 Å². The van der Waals surface area contributed by atoms with Gasteiger partial charge in [0.2, 0.25) is 16.1 Å². The number of hydrogen-bond donors (Lipinski definition) is 0. The summed E-state index contributed by atoms with van der Waals surface area (Å²) < 4.78 is 42.8. The number of ether oxygens (including phenoxy) is 3. The molecule has 1 aromatic carbocycles. The van der Waals surface area contributed by atoms with E-state index >= 15 is 0 Å². The van der Waals surface area contributed by atoms with E-state index in [-0.39, 0.29) is 53.8 Å². The Morgan fingerprint density at radius 2 is 1.93 bits per heavy atom. The Morgan fingerprint density at radius 1 is 1.26 bits per heavy atom. The molecule has 3 rings (SSSR count). The number of carbonyl (C=O) groups excluding carboxylic acids is 2. The Kier molecular flexibility index (Phi) is 5.76. The summed E-state index contributed by atoms with van der Waals surface area (Å²) in [6.07, 6.45) is -1.23. The summed E-state index contributed by atoms with van der Waals surface area (Å²) in [7, 11) is -3.93. The van der Waals surface area contributed by atoms with Gasteiger partial charge in [-0.15, -0.1) is 0 Å². The summed E-state index contributed by atoms with van der Waals surface area (Å²) >= 11 is 6.11. The van der Waals surface area contributed by atoms with Gasteiger partial charge in [-0.3, -0.25) is 0 Å². The van der Waals surface area contributed by atoms with Crippen molar-refractivity contribution in [1.82, 2.24) is 4.31 Å². The van der Waals surface area contributed by atoms with Crippen LogP contribution in [0.1, 0.15) is 30.6 Å². The molecule has 0 N–H and O–H groups in total. The molecule has 0 bridgehead atoms. The maximum atomic E-state index is 13.0. The molecule has 2 heterocycles. The van der Waals surface area contributed by atoms with Gasteiger partial charge in [-0.05, 0) is 32.0 Å². The lowest BCUT2D eigenvalue weighted by Crippen LogP contribution is -2.48. The maximum absolute atomic E-state index is 13.0. The molecule has 0 aliphatic carbocycles. The van der Waals surface area contributed by atoms with Crippen molar-refractivity contribution in [3.8, 4) is 0 Å². The van der Waals surface area contributed by atoms with E-state index in [0.29, 0.717) is 0 Å². The third-order valence-electron chi connectivity index (χ3n) is 4.31. The number of carbonyl (C=O) groups is 2. The fourth-order valence-electron chi connectivity index (χ4n) is 3.08. The Balaban J connectivity index is 1.86. The molecular weight excluding hydrogens is 398 g/mol. The summed E-state index contributed by atoms with van der Waals surface area (Å²) in [5.74, 6) is -1.42. The highest BCUT2D eigenvalue weighted by Crippen LogP contribution is 2.28. The van der Waals surface area contributed by atoms with Crippen LogP contribution in [0.4, 0.5) is 0 Å². The zero-order valence-corrected chi connectivity index (χ0v) is 16.5. The first kappa shape index (κ1) is 20.1. The summed E-state index contributed by atoms with van der Waals surface area (Å²) in [6.45, 7) is 4.13. The van der Waals surface area contributed by atoms with Gasteiger partial charge in [-0.2, -0.15) is 4.31 Å². The Morgan fingerprint density at radius 3 is 2.52 bits per heavy atom. The molecule has 148 valence electrons. The first-order chi connectivity index (χ1) is 12.7. The van der Waals surface area contributed by atoms with Gasteiger partial charge in [0.25, 0.3) is 0 Å². The van der Waals surface area contributed by atoms with Gasteiger partial charge in [-0.25, -0.2) is 18.0 Å². The third-order valence-corrected chi connectivity index (χ3v) is 6.62. The average Bonchev–Trinajstić information content (AvgIpc) is 2.99. The van der Waals surface area contributed by atoms with Crippen molar-refractivity contribution in [3.63, 3.8) is 0 Å².